The van der Waals surface area contributed by atoms with E-state index in [2.05, 4.69) is 2.51 Å². The Balaban J connectivity index is 3.59. The van der Waals surface area contributed by atoms with Crippen LogP contribution in [0.1, 0.15) is 5.56 Å². The fourth-order valence-electron chi connectivity index (χ4n) is 2.11. The normalized spacial score (nSPS) is 16.0. The quantitative estimate of drug-likeness (QED) is 0.160. The number of rotatable bonds is 10. The second-order valence-electron chi connectivity index (χ2n) is 7.00. The van der Waals surface area contributed by atoms with Crippen molar-refractivity contribution in [3.8, 4) is 0 Å². The van der Waals surface area contributed by atoms with Crippen LogP contribution in [0, 0.1) is 6.92 Å². The number of hydrogen-bond donors (Lipinski definition) is 1. The molecule has 1 aromatic rings. The fourth-order valence-corrected chi connectivity index (χ4v) is 6.45. The predicted molar refractivity (Wildman–Crippen MR) is 96.4 cm³/mol. The van der Waals surface area contributed by atoms with Crippen molar-refractivity contribution in [3.05, 3.63) is 29.8 Å². The van der Waals surface area contributed by atoms with Crippen LogP contribution >= 0.6 is 20.6 Å². The van der Waals surface area contributed by atoms with E-state index in [0.717, 1.165) is 12.1 Å². The van der Waals surface area contributed by atoms with Crippen LogP contribution in [0.5, 0.6) is 0 Å². The summed E-state index contributed by atoms with van der Waals surface area (Å²) in [5.74, 6) is -51.6. The van der Waals surface area contributed by atoms with Gasteiger partial charge in [0.1, 0.15) is 0 Å². The maximum atomic E-state index is 13.9. The van der Waals surface area contributed by atoms with Gasteiger partial charge in [0.25, 0.3) is 0 Å². The minimum atomic E-state index is -8.85. The van der Waals surface area contributed by atoms with E-state index < -0.39 is 81.3 Å². The van der Waals surface area contributed by atoms with E-state index >= 15 is 0 Å². The molecular formula is C15H8F17IO4S. The van der Waals surface area contributed by atoms with Gasteiger partial charge in [0, 0.05) is 0 Å². The molecule has 0 heterocycles. The van der Waals surface area contributed by atoms with Crippen molar-refractivity contribution in [3.63, 3.8) is 0 Å². The van der Waals surface area contributed by atoms with Gasteiger partial charge in [-0.25, -0.2) is 0 Å². The Labute approximate surface area is 207 Å². The molecule has 0 radical (unpaired) electrons. The predicted octanol–water partition coefficient (Wildman–Crippen LogP) is 7.00. The van der Waals surface area contributed by atoms with Crippen molar-refractivity contribution < 1.29 is 89.0 Å². The van der Waals surface area contributed by atoms with Crippen LogP contribution in [0.3, 0.4) is 0 Å². The fraction of sp³-hybridized carbons (Fsp3) is 0.600. The molecule has 0 aliphatic heterocycles. The summed E-state index contributed by atoms with van der Waals surface area (Å²) in [5.41, 5.74) is 0.260. The Morgan fingerprint density at radius 3 is 1.26 bits per heavy atom. The molecule has 0 amide bonds. The molecule has 0 bridgehead atoms. The van der Waals surface area contributed by atoms with Gasteiger partial charge in [-0.15, -0.1) is 0 Å². The number of halogens is 18. The van der Waals surface area contributed by atoms with E-state index in [1.807, 2.05) is 0 Å². The first-order chi connectivity index (χ1) is 16.4. The Morgan fingerprint density at radius 2 is 0.921 bits per heavy atom. The molecule has 1 aromatic carbocycles. The second-order valence-corrected chi connectivity index (χ2v) is 12.3. The number of hydrogen-bond acceptors (Lipinski definition) is 4. The summed E-state index contributed by atoms with van der Waals surface area (Å²) in [6.45, 7) is 1.31. The first-order valence-corrected chi connectivity index (χ1v) is 12.8. The monoisotopic (exact) mass is 734 g/mol. The van der Waals surface area contributed by atoms with Crippen LogP contribution in [0.25, 0.3) is 0 Å². The Hall–Kier alpha value is -1.37. The average molecular weight is 734 g/mol. The zero-order valence-electron chi connectivity index (χ0n) is 17.2. The zero-order chi connectivity index (χ0) is 30.8. The van der Waals surface area contributed by atoms with Crippen LogP contribution in [0.15, 0.2) is 29.2 Å². The molecule has 0 saturated carbocycles. The molecule has 38 heavy (non-hydrogen) atoms. The van der Waals surface area contributed by atoms with Gasteiger partial charge in [-0.05, 0) is 0 Å². The maximum absolute atomic E-state index is 13.9. The third kappa shape index (κ3) is 4.99. The van der Waals surface area contributed by atoms with Crippen LogP contribution in [0.2, 0.25) is 0 Å². The Kier molecular flexibility index (Phi) is 8.78. The Bertz CT molecular complexity index is 1120. The number of aryl methyl sites for hydroxylation is 1. The summed E-state index contributed by atoms with van der Waals surface area (Å²) >= 11 is -7.14. The molecule has 4 nitrogen and oxygen atoms in total. The van der Waals surface area contributed by atoms with Crippen LogP contribution < -0.4 is 0 Å². The third-order valence-corrected chi connectivity index (χ3v) is 9.75. The van der Waals surface area contributed by atoms with E-state index in [4.69, 9.17) is 3.44 Å². The van der Waals surface area contributed by atoms with E-state index in [9.17, 15) is 83.1 Å². The molecule has 0 saturated heterocycles. The van der Waals surface area contributed by atoms with E-state index in [1.165, 1.54) is 6.92 Å². The molecule has 23 heteroatoms. The molecule has 0 unspecified atom stereocenters. The molecule has 1 rings (SSSR count). The molecule has 0 aliphatic rings. The third-order valence-electron chi connectivity index (χ3n) is 4.34. The van der Waals surface area contributed by atoms with Crippen molar-refractivity contribution in [2.45, 2.75) is 57.5 Å². The molecule has 0 spiro atoms. The summed E-state index contributed by atoms with van der Waals surface area (Å²) in [6.07, 6.45) is -7.89. The van der Waals surface area contributed by atoms with Crippen molar-refractivity contribution >= 4 is 30.8 Å². The van der Waals surface area contributed by atoms with E-state index in [1.54, 1.807) is 0 Å². The second kappa shape index (κ2) is 9.62. The zero-order valence-corrected chi connectivity index (χ0v) is 20.2. The molecular weight excluding hydrogens is 726 g/mol. The summed E-state index contributed by atoms with van der Waals surface area (Å²) < 4.78 is 254. The van der Waals surface area contributed by atoms with E-state index in [0.29, 0.717) is 12.1 Å². The molecule has 0 fully saturated rings. The van der Waals surface area contributed by atoms with Crippen LogP contribution in [-0.4, -0.2) is 57.5 Å². The summed E-state index contributed by atoms with van der Waals surface area (Å²) in [4.78, 5) is -1.24. The van der Waals surface area contributed by atoms with Gasteiger partial charge >= 0.3 is 207 Å². The van der Waals surface area contributed by atoms with Gasteiger partial charge < -0.3 is 0 Å². The van der Waals surface area contributed by atoms with Crippen LogP contribution in [-0.2, 0) is 12.6 Å². The molecule has 224 valence electrons. The molecule has 0 aliphatic carbocycles. The van der Waals surface area contributed by atoms with Gasteiger partial charge in [0.15, 0.2) is 0 Å². The SMILES string of the molecule is Cc1ccc(S(=O)(=O)OI(O)C(F)(F)C(F)(F)C(F)(F)C(F)(F)C(F)(F)C(F)(F)C(F)(F)C(F)(F)F)cc1. The van der Waals surface area contributed by atoms with Gasteiger partial charge in [-0.2, -0.15) is 0 Å². The standard InChI is InChI=1S/C15H8F17IO4S/c1-6-2-4-7(5-3-6)38(35,36)37-33(34)15(31,32)13(26,27)11(22,23)9(18,19)8(16,17)10(20,21)12(24,25)14(28,29)30/h2-5,34H,1H3. The topological polar surface area (TPSA) is 63.6 Å². The van der Waals surface area contributed by atoms with Gasteiger partial charge in [-0.3, -0.25) is 0 Å². The van der Waals surface area contributed by atoms with Crippen molar-refractivity contribution in [2.24, 2.45) is 0 Å². The van der Waals surface area contributed by atoms with Gasteiger partial charge in [0.05, 0.1) is 0 Å². The summed E-state index contributed by atoms with van der Waals surface area (Å²) in [6, 6.07) is 2.79. The molecule has 0 atom stereocenters. The molecule has 1 N–H and O–H groups in total. The van der Waals surface area contributed by atoms with Crippen molar-refractivity contribution in [1.82, 2.24) is 0 Å². The van der Waals surface area contributed by atoms with Gasteiger partial charge in [-0.1, -0.05) is 0 Å². The average Bonchev–Trinajstić information content (AvgIpc) is 2.71. The summed E-state index contributed by atoms with van der Waals surface area (Å²) in [5, 5.41) is 0. The summed E-state index contributed by atoms with van der Waals surface area (Å²) in [7, 11) is -5.81. The first-order valence-electron chi connectivity index (χ1n) is 8.50. The van der Waals surface area contributed by atoms with Crippen molar-refractivity contribution in [2.75, 3.05) is 0 Å². The number of alkyl halides is 18. The van der Waals surface area contributed by atoms with Crippen molar-refractivity contribution in [1.29, 1.82) is 0 Å². The van der Waals surface area contributed by atoms with E-state index in [-0.39, 0.29) is 5.56 Å². The molecule has 0 aromatic heterocycles. The van der Waals surface area contributed by atoms with Gasteiger partial charge in [0.2, 0.25) is 0 Å². The van der Waals surface area contributed by atoms with Crippen LogP contribution in [0.4, 0.5) is 74.6 Å². The first kappa shape index (κ1) is 34.7. The Morgan fingerprint density at radius 1 is 0.605 bits per heavy atom. The minimum absolute atomic E-state index is 0.260. The number of benzene rings is 1.